The number of phenols is 1. The lowest BCUT2D eigenvalue weighted by atomic mass is 9.60. The predicted octanol–water partition coefficient (Wildman–Crippen LogP) is 1.90. The Hall–Kier alpha value is -3.70. The molecule has 224 valence electrons. The van der Waals surface area contributed by atoms with Gasteiger partial charge >= 0.3 is 0 Å². The Kier molecular flexibility index (Phi) is 8.30. The SMILES string of the molecule is CN=C(N)/C(=C\C(=N)c1ccccc1O)N1CCN(c2ncc(N3CCC4(CC3)CC(N3CCNCC3)C4)cn2)CC1. The molecule has 1 spiro atoms. The second-order valence-electron chi connectivity index (χ2n) is 12.1. The summed E-state index contributed by atoms with van der Waals surface area (Å²) in [5.74, 6) is 1.19. The summed E-state index contributed by atoms with van der Waals surface area (Å²) in [6.07, 6.45) is 10.9. The van der Waals surface area contributed by atoms with Crippen LogP contribution in [0, 0.1) is 10.8 Å². The van der Waals surface area contributed by atoms with Crippen molar-refractivity contribution in [2.45, 2.75) is 31.7 Å². The van der Waals surface area contributed by atoms with Gasteiger partial charge in [-0.05, 0) is 49.3 Å². The molecule has 1 aliphatic carbocycles. The molecule has 6 rings (SSSR count). The monoisotopic (exact) mass is 572 g/mol. The summed E-state index contributed by atoms with van der Waals surface area (Å²) in [4.78, 5) is 23.2. The van der Waals surface area contributed by atoms with Crippen molar-refractivity contribution in [2.75, 3.05) is 82.3 Å². The van der Waals surface area contributed by atoms with E-state index < -0.39 is 0 Å². The summed E-state index contributed by atoms with van der Waals surface area (Å²) in [5.41, 5.74) is 9.25. The zero-order valence-corrected chi connectivity index (χ0v) is 24.7. The molecule has 42 heavy (non-hydrogen) atoms. The average molecular weight is 573 g/mol. The number of aromatic nitrogens is 2. The van der Waals surface area contributed by atoms with E-state index in [9.17, 15) is 5.11 Å². The lowest BCUT2D eigenvalue weighted by Gasteiger charge is -2.56. The van der Waals surface area contributed by atoms with Gasteiger partial charge in [-0.2, -0.15) is 0 Å². The van der Waals surface area contributed by atoms with Crippen molar-refractivity contribution in [2.24, 2.45) is 16.1 Å². The molecule has 0 atom stereocenters. The number of amidine groups is 1. The number of nitrogens with one attached hydrogen (secondary N) is 2. The van der Waals surface area contributed by atoms with Crippen molar-refractivity contribution >= 4 is 23.2 Å². The van der Waals surface area contributed by atoms with Crippen LogP contribution in [0.5, 0.6) is 5.75 Å². The Bertz CT molecular complexity index is 1300. The van der Waals surface area contributed by atoms with Crippen LogP contribution in [0.2, 0.25) is 0 Å². The summed E-state index contributed by atoms with van der Waals surface area (Å²) in [5, 5.41) is 22.2. The summed E-state index contributed by atoms with van der Waals surface area (Å²) in [6, 6.07) is 7.65. The second kappa shape index (κ2) is 12.3. The van der Waals surface area contributed by atoms with Crippen LogP contribution in [-0.4, -0.2) is 115 Å². The van der Waals surface area contributed by atoms with Crippen LogP contribution >= 0.6 is 0 Å². The van der Waals surface area contributed by atoms with E-state index in [4.69, 9.17) is 21.1 Å². The van der Waals surface area contributed by atoms with Crippen molar-refractivity contribution in [1.29, 1.82) is 5.41 Å². The number of rotatable bonds is 7. The quantitative estimate of drug-likeness (QED) is 0.290. The minimum atomic E-state index is 0.0714. The number of hydrogen-bond donors (Lipinski definition) is 4. The average Bonchev–Trinajstić information content (AvgIpc) is 3.03. The number of phenolic OH excluding ortho intramolecular Hbond substituents is 1. The summed E-state index contributed by atoms with van der Waals surface area (Å²) in [6.45, 7) is 9.71. The number of hydrogen-bond acceptors (Lipinski definition) is 10. The first-order valence-corrected chi connectivity index (χ1v) is 15.3. The topological polar surface area (TPSA) is 133 Å². The molecule has 0 radical (unpaired) electrons. The minimum absolute atomic E-state index is 0.0714. The normalized spacial score (nSPS) is 22.4. The van der Waals surface area contributed by atoms with Gasteiger partial charge in [0.1, 0.15) is 11.6 Å². The Labute approximate surface area is 248 Å². The van der Waals surface area contributed by atoms with E-state index in [1.807, 2.05) is 12.4 Å². The van der Waals surface area contributed by atoms with Gasteiger partial charge in [0.25, 0.3) is 0 Å². The molecule has 4 aliphatic rings. The fourth-order valence-electron chi connectivity index (χ4n) is 7.04. The number of aromatic hydroxyl groups is 1. The maximum atomic E-state index is 10.2. The van der Waals surface area contributed by atoms with Crippen molar-refractivity contribution in [3.8, 4) is 5.75 Å². The molecule has 11 heteroatoms. The van der Waals surface area contributed by atoms with E-state index in [0.717, 1.165) is 56.9 Å². The van der Waals surface area contributed by atoms with Gasteiger partial charge < -0.3 is 36.3 Å². The molecule has 11 nitrogen and oxygen atoms in total. The van der Waals surface area contributed by atoms with E-state index in [0.29, 0.717) is 35.6 Å². The summed E-state index contributed by atoms with van der Waals surface area (Å²) >= 11 is 0. The van der Waals surface area contributed by atoms with Crippen LogP contribution in [-0.2, 0) is 0 Å². The molecule has 3 aliphatic heterocycles. The maximum absolute atomic E-state index is 10.2. The number of piperidine rings is 1. The number of para-hydroxylation sites is 1. The van der Waals surface area contributed by atoms with E-state index in [-0.39, 0.29) is 11.5 Å². The number of nitrogens with zero attached hydrogens (tertiary/aromatic N) is 7. The van der Waals surface area contributed by atoms with Crippen LogP contribution < -0.4 is 20.9 Å². The minimum Gasteiger partial charge on any atom is -0.507 e. The first-order valence-electron chi connectivity index (χ1n) is 15.3. The molecule has 2 aromatic rings. The Morgan fingerprint density at radius 3 is 2.31 bits per heavy atom. The zero-order valence-electron chi connectivity index (χ0n) is 24.7. The van der Waals surface area contributed by atoms with Crippen molar-refractivity contribution in [3.63, 3.8) is 0 Å². The second-order valence-corrected chi connectivity index (χ2v) is 12.1. The molecular weight excluding hydrogens is 528 g/mol. The van der Waals surface area contributed by atoms with Crippen LogP contribution in [0.3, 0.4) is 0 Å². The lowest BCUT2D eigenvalue weighted by molar-refractivity contribution is -0.0208. The Morgan fingerprint density at radius 2 is 1.67 bits per heavy atom. The van der Waals surface area contributed by atoms with E-state index >= 15 is 0 Å². The number of benzene rings is 1. The molecule has 4 heterocycles. The predicted molar refractivity (Wildman–Crippen MR) is 168 cm³/mol. The van der Waals surface area contributed by atoms with Gasteiger partial charge in [-0.3, -0.25) is 9.89 Å². The highest BCUT2D eigenvalue weighted by Crippen LogP contribution is 2.51. The molecule has 1 saturated carbocycles. The first-order chi connectivity index (χ1) is 20.4. The molecule has 5 N–H and O–H groups in total. The Morgan fingerprint density at radius 1 is 1.00 bits per heavy atom. The number of aliphatic imine (C=N–C) groups is 1. The number of anilines is 2. The van der Waals surface area contributed by atoms with Crippen molar-refractivity contribution < 1.29 is 5.11 Å². The van der Waals surface area contributed by atoms with Crippen LogP contribution in [0.15, 0.2) is 53.4 Å². The summed E-state index contributed by atoms with van der Waals surface area (Å²) in [7, 11) is 1.65. The smallest absolute Gasteiger partial charge is 0.225 e. The van der Waals surface area contributed by atoms with Gasteiger partial charge in [0.2, 0.25) is 5.95 Å². The standard InChI is InChI=1S/C31H44N10O/c1-34-29(33)27(18-26(32)25-4-2-3-5-28(25)42)40-14-16-41(17-15-40)30-36-21-24(22-37-30)38-10-6-31(7-11-38)19-23(20-31)39-12-8-35-9-13-39/h2-5,18,21-23,32,35,42H,6-17,19-20H2,1H3,(H2,33,34)/b27-18+,32-26?. The number of piperazine rings is 2. The van der Waals surface area contributed by atoms with Crippen LogP contribution in [0.1, 0.15) is 31.2 Å². The highest BCUT2D eigenvalue weighted by Gasteiger charge is 2.47. The van der Waals surface area contributed by atoms with Gasteiger partial charge in [-0.15, -0.1) is 0 Å². The molecule has 1 aromatic heterocycles. The largest absolute Gasteiger partial charge is 0.507 e. The first kappa shape index (κ1) is 28.4. The third-order valence-electron chi connectivity index (χ3n) is 9.70. The van der Waals surface area contributed by atoms with Gasteiger partial charge in [-0.1, -0.05) is 12.1 Å². The van der Waals surface area contributed by atoms with Crippen molar-refractivity contribution in [1.82, 2.24) is 25.1 Å². The van der Waals surface area contributed by atoms with Gasteiger partial charge in [0.15, 0.2) is 0 Å². The molecule has 0 amide bonds. The van der Waals surface area contributed by atoms with Crippen molar-refractivity contribution in [3.05, 3.63) is 54.0 Å². The third kappa shape index (κ3) is 5.94. The highest BCUT2D eigenvalue weighted by molar-refractivity contribution is 6.12. The van der Waals surface area contributed by atoms with E-state index in [2.05, 4.69) is 29.9 Å². The fraction of sp³-hybridized carbons (Fsp3) is 0.548. The number of nitrogens with two attached hydrogens (primary N) is 1. The van der Waals surface area contributed by atoms with E-state index in [1.54, 1.807) is 37.4 Å². The van der Waals surface area contributed by atoms with Gasteiger partial charge in [0, 0.05) is 84.1 Å². The lowest BCUT2D eigenvalue weighted by Crippen LogP contribution is -2.58. The molecule has 1 aromatic carbocycles. The molecule has 0 unspecified atom stereocenters. The van der Waals surface area contributed by atoms with E-state index in [1.165, 1.54) is 38.8 Å². The highest BCUT2D eigenvalue weighted by atomic mass is 16.3. The number of allylic oxidation sites excluding steroid dienone is 1. The van der Waals surface area contributed by atoms with Gasteiger partial charge in [-0.25, -0.2) is 9.97 Å². The summed E-state index contributed by atoms with van der Waals surface area (Å²) < 4.78 is 0. The maximum Gasteiger partial charge on any atom is 0.225 e. The van der Waals surface area contributed by atoms with Crippen LogP contribution in [0.4, 0.5) is 11.6 Å². The molecular formula is C31H44N10O. The zero-order chi connectivity index (χ0) is 29.1. The molecule has 0 bridgehead atoms. The Balaban J connectivity index is 1.02. The fourth-order valence-corrected chi connectivity index (χ4v) is 7.04. The third-order valence-corrected chi connectivity index (χ3v) is 9.70. The molecule has 4 fully saturated rings. The van der Waals surface area contributed by atoms with Gasteiger partial charge in [0.05, 0.1) is 29.5 Å². The molecule has 3 saturated heterocycles. The van der Waals surface area contributed by atoms with Crippen LogP contribution in [0.25, 0.3) is 0 Å².